The van der Waals surface area contributed by atoms with Crippen molar-refractivity contribution in [2.45, 2.75) is 6.04 Å². The minimum absolute atomic E-state index is 0.139. The van der Waals surface area contributed by atoms with Crippen LogP contribution in [0.3, 0.4) is 0 Å². The number of para-hydroxylation sites is 1. The number of carbonyl (C=O) groups is 2. The molecule has 1 aromatic rings. The molecule has 20 heavy (non-hydrogen) atoms. The summed E-state index contributed by atoms with van der Waals surface area (Å²) in [5.74, 6) is -1.62. The van der Waals surface area contributed by atoms with Crippen LogP contribution in [0, 0.1) is 9.49 Å². The molecule has 1 saturated heterocycles. The van der Waals surface area contributed by atoms with E-state index in [1.54, 1.807) is 13.1 Å². The van der Waals surface area contributed by atoms with Crippen LogP contribution < -0.4 is 5.32 Å². The lowest BCUT2D eigenvalue weighted by Gasteiger charge is -2.26. The number of nitrogens with one attached hydrogen (secondary N) is 1. The zero-order valence-corrected chi connectivity index (χ0v) is 13.0. The highest BCUT2D eigenvalue weighted by molar-refractivity contribution is 14.1. The Bertz CT molecular complexity index is 523. The Balaban J connectivity index is 2.05. The molecule has 0 saturated carbocycles. The fourth-order valence-electron chi connectivity index (χ4n) is 2.08. The molecule has 0 bridgehead atoms. The van der Waals surface area contributed by atoms with Gasteiger partial charge in [-0.25, -0.2) is 4.79 Å². The van der Waals surface area contributed by atoms with E-state index in [1.165, 1.54) is 4.90 Å². The topological polar surface area (TPSA) is 78.9 Å². The van der Waals surface area contributed by atoms with Crippen molar-refractivity contribution in [3.05, 3.63) is 27.8 Å². The third-order valence-electron chi connectivity index (χ3n) is 3.30. The van der Waals surface area contributed by atoms with Crippen LogP contribution in [0.25, 0.3) is 0 Å². The minimum Gasteiger partial charge on any atom is -0.481 e. The van der Waals surface area contributed by atoms with Crippen molar-refractivity contribution in [2.24, 2.45) is 5.92 Å². The molecule has 2 N–H and O–H groups in total. The predicted octanol–water partition coefficient (Wildman–Crippen LogP) is 1.85. The van der Waals surface area contributed by atoms with Gasteiger partial charge in [0.05, 0.1) is 24.9 Å². The highest BCUT2D eigenvalue weighted by atomic mass is 127. The normalized spacial score (nSPS) is 21.5. The summed E-state index contributed by atoms with van der Waals surface area (Å²) in [5.41, 5.74) is 0.704. The number of anilines is 1. The maximum atomic E-state index is 12.2. The van der Waals surface area contributed by atoms with Crippen molar-refractivity contribution in [3.63, 3.8) is 0 Å². The predicted molar refractivity (Wildman–Crippen MR) is 81.7 cm³/mol. The number of carboxylic acid groups (broad SMARTS) is 1. The first-order valence-electron chi connectivity index (χ1n) is 6.09. The highest BCUT2D eigenvalue weighted by Gasteiger charge is 2.38. The number of carboxylic acids is 1. The molecule has 7 heteroatoms. The number of aliphatic carboxylic acids is 1. The molecular weight excluding hydrogens is 375 g/mol. The Morgan fingerprint density at radius 1 is 1.40 bits per heavy atom. The van der Waals surface area contributed by atoms with E-state index in [9.17, 15) is 9.59 Å². The first-order chi connectivity index (χ1) is 9.50. The highest BCUT2D eigenvalue weighted by Crippen LogP contribution is 2.21. The lowest BCUT2D eigenvalue weighted by Crippen LogP contribution is -2.46. The number of nitrogens with zero attached hydrogens (tertiary/aromatic N) is 1. The molecule has 2 atom stereocenters. The van der Waals surface area contributed by atoms with Crippen LogP contribution in [-0.4, -0.2) is 48.3 Å². The average molecular weight is 390 g/mol. The maximum absolute atomic E-state index is 12.2. The number of halogens is 1. The maximum Gasteiger partial charge on any atom is 0.321 e. The van der Waals surface area contributed by atoms with E-state index >= 15 is 0 Å². The number of carbonyl (C=O) groups excluding carboxylic acids is 1. The molecule has 1 fully saturated rings. The summed E-state index contributed by atoms with van der Waals surface area (Å²) in [5, 5.41) is 11.9. The molecule has 6 nitrogen and oxygen atoms in total. The Labute approximate surface area is 130 Å². The Morgan fingerprint density at radius 2 is 2.10 bits per heavy atom. The van der Waals surface area contributed by atoms with Crippen molar-refractivity contribution < 1.29 is 19.4 Å². The van der Waals surface area contributed by atoms with Crippen LogP contribution in [0.5, 0.6) is 0 Å². The molecule has 1 heterocycles. The van der Waals surface area contributed by atoms with Gasteiger partial charge in [-0.05, 0) is 34.7 Å². The molecule has 0 aromatic heterocycles. The molecule has 0 radical (unpaired) electrons. The largest absolute Gasteiger partial charge is 0.481 e. The number of urea groups is 1. The van der Waals surface area contributed by atoms with Gasteiger partial charge in [-0.2, -0.15) is 0 Å². The van der Waals surface area contributed by atoms with Gasteiger partial charge in [0.15, 0.2) is 0 Å². The summed E-state index contributed by atoms with van der Waals surface area (Å²) in [6.45, 7) is 0.382. The van der Waals surface area contributed by atoms with Crippen molar-refractivity contribution in [2.75, 3.05) is 25.6 Å². The number of hydrogen-bond donors (Lipinski definition) is 2. The van der Waals surface area contributed by atoms with Crippen molar-refractivity contribution in [1.82, 2.24) is 4.90 Å². The number of rotatable bonds is 3. The Hall–Kier alpha value is -1.35. The molecule has 2 rings (SSSR count). The van der Waals surface area contributed by atoms with Crippen LogP contribution in [0.15, 0.2) is 24.3 Å². The molecule has 1 aliphatic rings. The second kappa shape index (κ2) is 6.40. The molecule has 0 spiro atoms. The van der Waals surface area contributed by atoms with Crippen LogP contribution in [0.4, 0.5) is 10.5 Å². The van der Waals surface area contributed by atoms with Crippen LogP contribution >= 0.6 is 22.6 Å². The quantitative estimate of drug-likeness (QED) is 0.773. The first-order valence-corrected chi connectivity index (χ1v) is 7.17. The molecule has 2 unspecified atom stereocenters. The number of amides is 2. The van der Waals surface area contributed by atoms with Crippen LogP contribution in [-0.2, 0) is 9.53 Å². The van der Waals surface area contributed by atoms with Gasteiger partial charge in [-0.1, -0.05) is 12.1 Å². The number of hydrogen-bond acceptors (Lipinski definition) is 3. The smallest absolute Gasteiger partial charge is 0.321 e. The van der Waals surface area contributed by atoms with Gasteiger partial charge in [0, 0.05) is 10.6 Å². The zero-order valence-electron chi connectivity index (χ0n) is 10.9. The SMILES string of the molecule is CN(C(=O)Nc1ccccc1I)C1COCC1C(=O)O. The molecule has 1 aliphatic heterocycles. The third-order valence-corrected chi connectivity index (χ3v) is 4.24. The van der Waals surface area contributed by atoms with E-state index in [-0.39, 0.29) is 19.2 Å². The van der Waals surface area contributed by atoms with E-state index in [2.05, 4.69) is 27.9 Å². The van der Waals surface area contributed by atoms with Crippen LogP contribution in [0.1, 0.15) is 0 Å². The number of ether oxygens (including phenoxy) is 1. The van der Waals surface area contributed by atoms with Gasteiger partial charge in [0.1, 0.15) is 5.92 Å². The average Bonchev–Trinajstić information content (AvgIpc) is 2.89. The van der Waals surface area contributed by atoms with Gasteiger partial charge in [0.2, 0.25) is 0 Å². The zero-order chi connectivity index (χ0) is 14.7. The minimum atomic E-state index is -0.943. The van der Waals surface area contributed by atoms with E-state index in [1.807, 2.05) is 18.2 Å². The van der Waals surface area contributed by atoms with Crippen molar-refractivity contribution in [3.8, 4) is 0 Å². The number of likely N-dealkylation sites (N-methyl/N-ethyl adjacent to an activating group) is 1. The first kappa shape index (κ1) is 15.0. The monoisotopic (exact) mass is 390 g/mol. The van der Waals surface area contributed by atoms with Crippen LogP contribution in [0.2, 0.25) is 0 Å². The van der Waals surface area contributed by atoms with E-state index in [0.717, 1.165) is 3.57 Å². The van der Waals surface area contributed by atoms with Gasteiger partial charge < -0.3 is 20.1 Å². The Morgan fingerprint density at radius 3 is 2.75 bits per heavy atom. The van der Waals surface area contributed by atoms with Gasteiger partial charge in [-0.3, -0.25) is 4.79 Å². The fourth-order valence-corrected chi connectivity index (χ4v) is 2.60. The van der Waals surface area contributed by atoms with Crippen molar-refractivity contribution >= 4 is 40.3 Å². The molecule has 108 valence electrons. The standard InChI is InChI=1S/C13H15IN2O4/c1-16(11-7-20-6-8(11)12(17)18)13(19)15-10-5-3-2-4-9(10)14/h2-5,8,11H,6-7H2,1H3,(H,15,19)(H,17,18). The van der Waals surface area contributed by atoms with Gasteiger partial charge in [0.25, 0.3) is 0 Å². The number of benzene rings is 1. The summed E-state index contributed by atoms with van der Waals surface area (Å²) in [7, 11) is 1.58. The van der Waals surface area contributed by atoms with E-state index in [4.69, 9.17) is 9.84 Å². The fraction of sp³-hybridized carbons (Fsp3) is 0.385. The molecule has 2 amide bonds. The molecule has 1 aromatic carbocycles. The van der Waals surface area contributed by atoms with E-state index in [0.29, 0.717) is 5.69 Å². The van der Waals surface area contributed by atoms with Crippen molar-refractivity contribution in [1.29, 1.82) is 0 Å². The summed E-state index contributed by atoms with van der Waals surface area (Å²) < 4.78 is 6.09. The van der Waals surface area contributed by atoms with Gasteiger partial charge in [-0.15, -0.1) is 0 Å². The summed E-state index contributed by atoms with van der Waals surface area (Å²) in [6.07, 6.45) is 0. The second-order valence-corrected chi connectivity index (χ2v) is 5.73. The lowest BCUT2D eigenvalue weighted by atomic mass is 10.0. The Kier molecular flexibility index (Phi) is 4.81. The summed E-state index contributed by atoms with van der Waals surface area (Å²) >= 11 is 2.13. The summed E-state index contributed by atoms with van der Waals surface area (Å²) in [6, 6.07) is 6.61. The molecular formula is C13H15IN2O4. The summed E-state index contributed by atoms with van der Waals surface area (Å²) in [4.78, 5) is 24.7. The lowest BCUT2D eigenvalue weighted by molar-refractivity contribution is -0.142. The second-order valence-electron chi connectivity index (χ2n) is 4.57. The third kappa shape index (κ3) is 3.21. The van der Waals surface area contributed by atoms with Gasteiger partial charge >= 0.3 is 12.0 Å². The van der Waals surface area contributed by atoms with E-state index < -0.39 is 17.9 Å². The molecule has 0 aliphatic carbocycles.